The Morgan fingerprint density at radius 1 is 0.500 bits per heavy atom. The molecule has 0 aromatic carbocycles. The summed E-state index contributed by atoms with van der Waals surface area (Å²) in [6.45, 7) is 3.99. The van der Waals surface area contributed by atoms with Gasteiger partial charge >= 0.3 is 13.8 Å². The highest BCUT2D eigenvalue weighted by Gasteiger charge is 2.51. The van der Waals surface area contributed by atoms with Crippen molar-refractivity contribution in [3.05, 3.63) is 85.1 Å². The summed E-state index contributed by atoms with van der Waals surface area (Å²) < 4.78 is 34.2. The summed E-state index contributed by atoms with van der Waals surface area (Å²) in [5, 5.41) is 50.3. The Kier molecular flexibility index (Phi) is 37.9. The molecule has 0 radical (unpaired) electrons. The average Bonchev–Trinajstić information content (AvgIpc) is 3.28. The number of phosphoric ester groups is 1. The van der Waals surface area contributed by atoms with Crippen molar-refractivity contribution in [3.63, 3.8) is 0 Å². The van der Waals surface area contributed by atoms with Crippen LogP contribution in [-0.4, -0.2) is 98.9 Å². The maximum atomic E-state index is 12.8. The molecule has 6 unspecified atom stereocenters. The van der Waals surface area contributed by atoms with Crippen LogP contribution in [0.25, 0.3) is 0 Å². The standard InChI is InChI=1S/C51H87O12P/c1-3-5-7-9-11-13-15-17-19-21-22-23-25-27-29-31-33-35-37-39-41-60-42-44(43-61-64(58,59)63-51-49(56)47(54)46(53)48(55)50(51)57)62-45(52)40-38-36-34-32-30-28-26-24-20-18-16-14-12-10-8-6-4-2/h5-8,11-14,17-20,22-23,44,46-51,53-57H,3-4,9-10,15-16,21,24-43H2,1-2H3,(H,58,59)/b7-5-,8-6-,13-11-,14-12-,19-17-,20-18-,23-22-. The van der Waals surface area contributed by atoms with Gasteiger partial charge in [-0.1, -0.05) is 163 Å². The van der Waals surface area contributed by atoms with E-state index in [9.17, 15) is 39.8 Å². The van der Waals surface area contributed by atoms with E-state index in [1.54, 1.807) is 0 Å². The Labute approximate surface area is 386 Å². The van der Waals surface area contributed by atoms with Gasteiger partial charge in [-0.3, -0.25) is 13.8 Å². The van der Waals surface area contributed by atoms with Crippen molar-refractivity contribution in [2.45, 2.75) is 211 Å². The molecule has 1 aliphatic rings. The van der Waals surface area contributed by atoms with Gasteiger partial charge in [-0.05, 0) is 83.5 Å². The number of aliphatic hydroxyl groups is 5. The van der Waals surface area contributed by atoms with Crippen LogP contribution in [0, 0.1) is 0 Å². The maximum absolute atomic E-state index is 12.8. The second-order valence-corrected chi connectivity index (χ2v) is 18.0. The van der Waals surface area contributed by atoms with Crippen LogP contribution in [0.1, 0.15) is 168 Å². The van der Waals surface area contributed by atoms with Crippen LogP contribution >= 0.6 is 7.82 Å². The summed E-state index contributed by atoms with van der Waals surface area (Å²) in [5.41, 5.74) is 0. The first kappa shape index (κ1) is 59.5. The minimum Gasteiger partial charge on any atom is -0.457 e. The van der Waals surface area contributed by atoms with Crippen LogP contribution in [0.2, 0.25) is 0 Å². The summed E-state index contributed by atoms with van der Waals surface area (Å²) >= 11 is 0. The molecule has 0 aromatic rings. The van der Waals surface area contributed by atoms with E-state index in [4.69, 9.17) is 18.5 Å². The number of esters is 1. The largest absolute Gasteiger partial charge is 0.472 e. The Morgan fingerprint density at radius 2 is 0.875 bits per heavy atom. The predicted molar refractivity (Wildman–Crippen MR) is 258 cm³/mol. The minimum atomic E-state index is -5.03. The molecule has 0 saturated heterocycles. The maximum Gasteiger partial charge on any atom is 0.472 e. The number of carbonyl (C=O) groups excluding carboxylic acids is 1. The summed E-state index contributed by atoms with van der Waals surface area (Å²) in [4.78, 5) is 23.2. The molecule has 1 rings (SSSR count). The van der Waals surface area contributed by atoms with E-state index in [0.717, 1.165) is 116 Å². The molecule has 0 bridgehead atoms. The number of hydrogen-bond acceptors (Lipinski definition) is 11. The third-order valence-corrected chi connectivity index (χ3v) is 11.7. The Balaban J connectivity index is 2.39. The first-order chi connectivity index (χ1) is 31.0. The monoisotopic (exact) mass is 923 g/mol. The topological polar surface area (TPSA) is 192 Å². The molecule has 6 atom stereocenters. The van der Waals surface area contributed by atoms with Crippen LogP contribution in [-0.2, 0) is 27.9 Å². The SMILES string of the molecule is CC/C=C\C/C=C\C/C=C\C/C=C\CCCCCCCCCOCC(COP(=O)(O)OC1C(O)C(O)C(O)C(O)C1O)OC(=O)CCCCCCCCC/C=C\C/C=C\C/C=C\CC. The van der Waals surface area contributed by atoms with E-state index in [0.29, 0.717) is 13.0 Å². The van der Waals surface area contributed by atoms with Gasteiger partial charge in [0.25, 0.3) is 0 Å². The molecule has 1 aliphatic carbocycles. The highest BCUT2D eigenvalue weighted by atomic mass is 31.2. The number of phosphoric acid groups is 1. The molecule has 0 aromatic heterocycles. The fraction of sp³-hybridized carbons (Fsp3) is 0.706. The van der Waals surface area contributed by atoms with Crippen molar-refractivity contribution in [1.82, 2.24) is 0 Å². The van der Waals surface area contributed by atoms with E-state index < -0.39 is 63.1 Å². The lowest BCUT2D eigenvalue weighted by Crippen LogP contribution is -2.64. The van der Waals surface area contributed by atoms with Crippen LogP contribution in [0.15, 0.2) is 85.1 Å². The second kappa shape index (κ2) is 40.8. The number of unbranched alkanes of at least 4 members (excludes halogenated alkanes) is 14. The Hall–Kier alpha value is -2.48. The van der Waals surface area contributed by atoms with Gasteiger partial charge in [-0.25, -0.2) is 4.57 Å². The number of aliphatic hydroxyl groups excluding tert-OH is 5. The number of allylic oxidation sites excluding steroid dienone is 14. The molecule has 0 heterocycles. The van der Waals surface area contributed by atoms with Gasteiger partial charge in [0.15, 0.2) is 0 Å². The smallest absolute Gasteiger partial charge is 0.457 e. The number of hydrogen-bond donors (Lipinski definition) is 6. The quantitative estimate of drug-likeness (QED) is 0.0148. The van der Waals surface area contributed by atoms with Gasteiger partial charge in [0.1, 0.15) is 42.7 Å². The third-order valence-electron chi connectivity index (χ3n) is 10.8. The number of rotatable bonds is 40. The Bertz CT molecular complexity index is 1380. The molecule has 0 aliphatic heterocycles. The van der Waals surface area contributed by atoms with E-state index in [2.05, 4.69) is 98.9 Å². The lowest BCUT2D eigenvalue weighted by molar-refractivity contribution is -0.220. The lowest BCUT2D eigenvalue weighted by Gasteiger charge is -2.41. The fourth-order valence-corrected chi connectivity index (χ4v) is 7.92. The molecule has 1 saturated carbocycles. The van der Waals surface area contributed by atoms with Gasteiger partial charge < -0.3 is 39.9 Å². The van der Waals surface area contributed by atoms with Gasteiger partial charge in [0.05, 0.1) is 13.2 Å². The molecule has 6 N–H and O–H groups in total. The molecular weight excluding hydrogens is 836 g/mol. The Morgan fingerprint density at radius 3 is 1.33 bits per heavy atom. The fourth-order valence-electron chi connectivity index (χ4n) is 6.95. The zero-order valence-electron chi connectivity index (χ0n) is 39.3. The van der Waals surface area contributed by atoms with Crippen LogP contribution in [0.3, 0.4) is 0 Å². The van der Waals surface area contributed by atoms with Crippen molar-refractivity contribution in [2.75, 3.05) is 19.8 Å². The molecule has 368 valence electrons. The molecular formula is C51H87O12P. The molecule has 13 heteroatoms. The van der Waals surface area contributed by atoms with Gasteiger partial charge in [-0.2, -0.15) is 0 Å². The first-order valence-electron chi connectivity index (χ1n) is 24.4. The van der Waals surface area contributed by atoms with Crippen molar-refractivity contribution in [2.24, 2.45) is 0 Å². The molecule has 64 heavy (non-hydrogen) atoms. The number of carbonyl (C=O) groups is 1. The van der Waals surface area contributed by atoms with E-state index in [-0.39, 0.29) is 13.0 Å². The van der Waals surface area contributed by atoms with Gasteiger partial charge in [-0.15, -0.1) is 0 Å². The van der Waals surface area contributed by atoms with Crippen LogP contribution in [0.4, 0.5) is 0 Å². The first-order valence-corrected chi connectivity index (χ1v) is 25.9. The summed E-state index contributed by atoms with van der Waals surface area (Å²) in [5.74, 6) is -0.495. The summed E-state index contributed by atoms with van der Waals surface area (Å²) in [6.07, 6.45) is 42.1. The van der Waals surface area contributed by atoms with Crippen LogP contribution in [0.5, 0.6) is 0 Å². The average molecular weight is 923 g/mol. The summed E-state index contributed by atoms with van der Waals surface area (Å²) in [7, 11) is -5.03. The van der Waals surface area contributed by atoms with Crippen molar-refractivity contribution in [3.8, 4) is 0 Å². The third kappa shape index (κ3) is 32.2. The highest BCUT2D eigenvalue weighted by molar-refractivity contribution is 7.47. The van der Waals surface area contributed by atoms with Crippen molar-refractivity contribution < 1.29 is 58.3 Å². The highest BCUT2D eigenvalue weighted by Crippen LogP contribution is 2.47. The molecule has 12 nitrogen and oxygen atoms in total. The van der Waals surface area contributed by atoms with E-state index in [1.165, 1.54) is 25.7 Å². The van der Waals surface area contributed by atoms with Crippen LogP contribution < -0.4 is 0 Å². The van der Waals surface area contributed by atoms with Crippen molar-refractivity contribution in [1.29, 1.82) is 0 Å². The lowest BCUT2D eigenvalue weighted by atomic mass is 9.85. The van der Waals surface area contributed by atoms with E-state index in [1.807, 2.05) is 0 Å². The minimum absolute atomic E-state index is 0.0934. The zero-order valence-corrected chi connectivity index (χ0v) is 40.2. The molecule has 1 fully saturated rings. The second-order valence-electron chi connectivity index (χ2n) is 16.5. The van der Waals surface area contributed by atoms with E-state index >= 15 is 0 Å². The van der Waals surface area contributed by atoms with Gasteiger partial charge in [0.2, 0.25) is 0 Å². The van der Waals surface area contributed by atoms with Crippen molar-refractivity contribution >= 4 is 13.8 Å². The number of ether oxygens (including phenoxy) is 2. The molecule has 0 amide bonds. The normalized spacial score (nSPS) is 22.4. The van der Waals surface area contributed by atoms with Gasteiger partial charge in [0, 0.05) is 13.0 Å². The zero-order chi connectivity index (χ0) is 46.9. The predicted octanol–water partition coefficient (Wildman–Crippen LogP) is 10.5. The summed E-state index contributed by atoms with van der Waals surface area (Å²) in [6, 6.07) is 0. The molecule has 0 spiro atoms.